The number of carbonyl (C=O) groups is 5. The molecule has 1 atom stereocenters. The highest BCUT2D eigenvalue weighted by molar-refractivity contribution is 6.06. The Morgan fingerprint density at radius 1 is 0.891 bits per heavy atom. The molecule has 1 saturated heterocycles. The maximum Gasteiger partial charge on any atom is 0.255 e. The second-order valence-corrected chi connectivity index (χ2v) is 13.4. The van der Waals surface area contributed by atoms with Crippen molar-refractivity contribution in [3.05, 3.63) is 130 Å². The van der Waals surface area contributed by atoms with Crippen molar-refractivity contribution in [2.24, 2.45) is 0 Å². The van der Waals surface area contributed by atoms with E-state index in [1.165, 1.54) is 15.4 Å². The van der Waals surface area contributed by atoms with Crippen LogP contribution in [0.1, 0.15) is 69.2 Å². The maximum atomic E-state index is 12.9. The van der Waals surface area contributed by atoms with Gasteiger partial charge in [0, 0.05) is 37.7 Å². The molecule has 0 aliphatic carbocycles. The van der Waals surface area contributed by atoms with Crippen molar-refractivity contribution in [3.63, 3.8) is 0 Å². The Morgan fingerprint density at radius 3 is 2.27 bits per heavy atom. The summed E-state index contributed by atoms with van der Waals surface area (Å²) in [6.45, 7) is 3.05. The Bertz CT molecular complexity index is 2080. The summed E-state index contributed by atoms with van der Waals surface area (Å²) in [7, 11) is 1.67. The van der Waals surface area contributed by atoms with Gasteiger partial charge in [0.05, 0.1) is 13.2 Å². The Hall–Kier alpha value is -6.27. The molecule has 0 unspecified atom stereocenters. The first kappa shape index (κ1) is 38.5. The Morgan fingerprint density at radius 2 is 1.58 bits per heavy atom. The van der Waals surface area contributed by atoms with Gasteiger partial charge in [-0.15, -0.1) is 0 Å². The second-order valence-electron chi connectivity index (χ2n) is 13.4. The van der Waals surface area contributed by atoms with E-state index in [1.54, 1.807) is 37.4 Å². The zero-order chi connectivity index (χ0) is 38.9. The van der Waals surface area contributed by atoms with Crippen molar-refractivity contribution < 1.29 is 38.6 Å². The fourth-order valence-electron chi connectivity index (χ4n) is 6.77. The van der Waals surface area contributed by atoms with Crippen LogP contribution in [0.3, 0.4) is 0 Å². The number of amides is 5. The lowest BCUT2D eigenvalue weighted by Gasteiger charge is -2.29. The smallest absolute Gasteiger partial charge is 0.255 e. The van der Waals surface area contributed by atoms with Crippen molar-refractivity contribution >= 4 is 40.7 Å². The van der Waals surface area contributed by atoms with Gasteiger partial charge in [-0.1, -0.05) is 61.5 Å². The van der Waals surface area contributed by atoms with Crippen LogP contribution in [0.5, 0.6) is 11.5 Å². The fraction of sp³-hybridized carbons (Fsp3) is 0.279. The molecule has 3 N–H and O–H groups in total. The molecule has 2 heterocycles. The van der Waals surface area contributed by atoms with Crippen LogP contribution in [0.15, 0.2) is 97.1 Å². The summed E-state index contributed by atoms with van der Waals surface area (Å²) in [5, 5.41) is 14.9. The molecule has 0 saturated carbocycles. The van der Waals surface area contributed by atoms with Crippen LogP contribution in [0.4, 0.5) is 0 Å². The van der Waals surface area contributed by atoms with E-state index >= 15 is 0 Å². The molecule has 0 aromatic heterocycles. The minimum Gasteiger partial charge on any atom is -0.508 e. The second kappa shape index (κ2) is 17.7. The van der Waals surface area contributed by atoms with Gasteiger partial charge in [-0.3, -0.25) is 29.3 Å². The number of aromatic hydroxyl groups is 1. The number of phenols is 1. The van der Waals surface area contributed by atoms with Crippen molar-refractivity contribution in [3.8, 4) is 11.5 Å². The fourth-order valence-corrected chi connectivity index (χ4v) is 6.77. The van der Waals surface area contributed by atoms with E-state index in [1.807, 2.05) is 54.6 Å². The Labute approximate surface area is 319 Å². The van der Waals surface area contributed by atoms with Crippen molar-refractivity contribution in [1.29, 1.82) is 0 Å². The highest BCUT2D eigenvalue weighted by atomic mass is 16.5. The number of nitrogens with one attached hydrogen (secondary N) is 2. The van der Waals surface area contributed by atoms with Crippen LogP contribution in [0, 0.1) is 0 Å². The standard InChI is InChI=1S/C43H44N4O8/c1-3-35(28-7-5-4-6-8-28)40(29-9-14-33(48)15-10-29)30-11-16-34(17-12-30)55-24-22-46(2)39(50)27-54-23-21-44-41(51)31-13-18-36-32(25-31)26-47(43(36)53)37-19-20-38(49)45-42(37)52/h4-18,25,37,48H,3,19-24,26-27H2,1-2H3,(H,44,51)(H,45,49,52)/b40-35+/t37-/m1/s1. The molecule has 1 fully saturated rings. The molecule has 2 aliphatic heterocycles. The van der Waals surface area contributed by atoms with Crippen LogP contribution in [0.25, 0.3) is 11.1 Å². The summed E-state index contributed by atoms with van der Waals surface area (Å²) in [4.78, 5) is 65.2. The SMILES string of the molecule is CC/C(=C(/c1ccc(O)cc1)c1ccc(OCCN(C)C(=O)COCCNC(=O)c2ccc3c(c2)CN([C@@H]2CCC(=O)NC2=O)C3=O)cc1)c1ccccc1. The Kier molecular flexibility index (Phi) is 12.4. The quantitative estimate of drug-likeness (QED) is 0.0891. The predicted molar refractivity (Wildman–Crippen MR) is 206 cm³/mol. The number of nitrogens with zero attached hydrogens (tertiary/aromatic N) is 2. The third-order valence-electron chi connectivity index (χ3n) is 9.74. The van der Waals surface area contributed by atoms with Crippen molar-refractivity contribution in [2.45, 2.75) is 38.8 Å². The van der Waals surface area contributed by atoms with Crippen molar-refractivity contribution in [2.75, 3.05) is 40.0 Å². The lowest BCUT2D eigenvalue weighted by atomic mass is 9.88. The number of piperidine rings is 1. The number of imide groups is 1. The summed E-state index contributed by atoms with van der Waals surface area (Å²) in [5.41, 5.74) is 6.82. The molecular formula is C43H44N4O8. The van der Waals surface area contributed by atoms with Crippen LogP contribution in [0.2, 0.25) is 0 Å². The number of allylic oxidation sites excluding steroid dienone is 1. The molecule has 12 heteroatoms. The molecular weight excluding hydrogens is 700 g/mol. The summed E-state index contributed by atoms with van der Waals surface area (Å²) in [5.74, 6) is -0.863. The number of phenolic OH excluding ortho intramolecular Hbond substituents is 1. The third-order valence-corrected chi connectivity index (χ3v) is 9.74. The van der Waals surface area contributed by atoms with Gasteiger partial charge in [0.2, 0.25) is 17.7 Å². The van der Waals surface area contributed by atoms with Gasteiger partial charge >= 0.3 is 0 Å². The summed E-state index contributed by atoms with van der Waals surface area (Å²) in [6, 6.07) is 29.3. The maximum absolute atomic E-state index is 12.9. The van der Waals surface area contributed by atoms with E-state index in [0.717, 1.165) is 28.7 Å². The molecule has 0 radical (unpaired) electrons. The summed E-state index contributed by atoms with van der Waals surface area (Å²) < 4.78 is 11.5. The van der Waals surface area contributed by atoms with E-state index in [9.17, 15) is 29.1 Å². The van der Waals surface area contributed by atoms with E-state index < -0.39 is 11.9 Å². The van der Waals surface area contributed by atoms with E-state index in [2.05, 4.69) is 29.7 Å². The third kappa shape index (κ3) is 9.28. The molecule has 4 aromatic rings. The monoisotopic (exact) mass is 744 g/mol. The number of carbonyl (C=O) groups excluding carboxylic acids is 5. The van der Waals surface area contributed by atoms with E-state index in [-0.39, 0.29) is 75.1 Å². The van der Waals surface area contributed by atoms with Crippen LogP contribution < -0.4 is 15.4 Å². The predicted octanol–water partition coefficient (Wildman–Crippen LogP) is 4.81. The highest BCUT2D eigenvalue weighted by Crippen LogP contribution is 2.35. The van der Waals surface area contributed by atoms with Crippen LogP contribution in [-0.2, 0) is 25.7 Å². The summed E-state index contributed by atoms with van der Waals surface area (Å²) in [6.07, 6.45) is 1.24. The molecule has 2 aliphatic rings. The number of hydrogen-bond donors (Lipinski definition) is 3. The average Bonchev–Trinajstić information content (AvgIpc) is 3.52. The molecule has 0 spiro atoms. The first-order valence-corrected chi connectivity index (χ1v) is 18.3. The Balaban J connectivity index is 0.933. The molecule has 12 nitrogen and oxygen atoms in total. The molecule has 5 amide bonds. The van der Waals surface area contributed by atoms with E-state index in [4.69, 9.17) is 9.47 Å². The van der Waals surface area contributed by atoms with Crippen LogP contribution >= 0.6 is 0 Å². The van der Waals surface area contributed by atoms with E-state index in [0.29, 0.717) is 29.0 Å². The van der Waals surface area contributed by atoms with Gasteiger partial charge in [-0.2, -0.15) is 0 Å². The molecule has 6 rings (SSSR count). The lowest BCUT2D eigenvalue weighted by Crippen LogP contribution is -2.52. The van der Waals surface area contributed by atoms with Gasteiger partial charge in [0.1, 0.15) is 30.8 Å². The number of rotatable bonds is 15. The minimum atomic E-state index is -0.728. The average molecular weight is 745 g/mol. The van der Waals surface area contributed by atoms with Gasteiger partial charge in [-0.25, -0.2) is 0 Å². The zero-order valence-electron chi connectivity index (χ0n) is 30.9. The van der Waals surface area contributed by atoms with Crippen molar-refractivity contribution in [1.82, 2.24) is 20.4 Å². The number of ether oxygens (including phenoxy) is 2. The number of fused-ring (bicyclic) bond motifs is 1. The zero-order valence-corrected chi connectivity index (χ0v) is 30.9. The normalized spacial score (nSPS) is 15.6. The highest BCUT2D eigenvalue weighted by Gasteiger charge is 2.39. The minimum absolute atomic E-state index is 0.117. The van der Waals surface area contributed by atoms with Gasteiger partial charge < -0.3 is 29.7 Å². The lowest BCUT2D eigenvalue weighted by molar-refractivity contribution is -0.137. The molecule has 284 valence electrons. The van der Waals surface area contributed by atoms with Gasteiger partial charge in [0.25, 0.3) is 11.8 Å². The van der Waals surface area contributed by atoms with Gasteiger partial charge in [0.15, 0.2) is 0 Å². The number of benzene rings is 4. The van der Waals surface area contributed by atoms with Gasteiger partial charge in [-0.05, 0) is 88.7 Å². The topological polar surface area (TPSA) is 155 Å². The number of hydrogen-bond acceptors (Lipinski definition) is 8. The molecule has 55 heavy (non-hydrogen) atoms. The van der Waals surface area contributed by atoms with Crippen LogP contribution in [-0.4, -0.2) is 90.4 Å². The largest absolute Gasteiger partial charge is 0.508 e. The first-order valence-electron chi connectivity index (χ1n) is 18.3. The first-order chi connectivity index (χ1) is 26.6. The molecule has 0 bridgehead atoms. The number of likely N-dealkylation sites (N-methyl/N-ethyl adjacent to an activating group) is 1. The molecule has 4 aromatic carbocycles. The summed E-state index contributed by atoms with van der Waals surface area (Å²) >= 11 is 0.